The first-order chi connectivity index (χ1) is 7.68. The molecule has 1 saturated heterocycles. The van der Waals surface area contributed by atoms with Crippen LogP contribution in [0.15, 0.2) is 0 Å². The van der Waals surface area contributed by atoms with Gasteiger partial charge < -0.3 is 5.11 Å². The quantitative estimate of drug-likeness (QED) is 0.782. The van der Waals surface area contributed by atoms with Gasteiger partial charge in [0.15, 0.2) is 0 Å². The van der Waals surface area contributed by atoms with Crippen LogP contribution < -0.4 is 5.32 Å². The summed E-state index contributed by atoms with van der Waals surface area (Å²) in [7, 11) is 0. The molecule has 16 heavy (non-hydrogen) atoms. The van der Waals surface area contributed by atoms with E-state index in [2.05, 4.69) is 12.2 Å². The molecule has 4 heteroatoms. The molecule has 2 aliphatic rings. The number of carbonyl (C=O) groups is 1. The zero-order valence-electron chi connectivity index (χ0n) is 9.87. The Bertz CT molecular complexity index is 268. The van der Waals surface area contributed by atoms with Crippen LogP contribution in [0.1, 0.15) is 45.4 Å². The number of rotatable bonds is 2. The third-order valence-electron chi connectivity index (χ3n) is 3.99. The average Bonchev–Trinajstić information content (AvgIpc) is 2.30. The van der Waals surface area contributed by atoms with Crippen molar-refractivity contribution in [2.24, 2.45) is 5.92 Å². The van der Waals surface area contributed by atoms with Crippen molar-refractivity contribution < 1.29 is 9.90 Å². The predicted molar refractivity (Wildman–Crippen MR) is 66.6 cm³/mol. The van der Waals surface area contributed by atoms with Crippen molar-refractivity contribution in [3.63, 3.8) is 0 Å². The van der Waals surface area contributed by atoms with Gasteiger partial charge >= 0.3 is 5.97 Å². The second-order valence-electron chi connectivity index (χ2n) is 4.91. The van der Waals surface area contributed by atoms with Crippen LogP contribution in [0, 0.1) is 5.92 Å². The fourth-order valence-electron chi connectivity index (χ4n) is 3.08. The molecular weight excluding hydrogens is 222 g/mol. The van der Waals surface area contributed by atoms with Gasteiger partial charge in [-0.05, 0) is 30.9 Å². The van der Waals surface area contributed by atoms with Gasteiger partial charge in [-0.1, -0.05) is 26.2 Å². The van der Waals surface area contributed by atoms with Crippen LogP contribution in [-0.4, -0.2) is 27.7 Å². The minimum atomic E-state index is -0.680. The highest BCUT2D eigenvalue weighted by Crippen LogP contribution is 2.46. The van der Waals surface area contributed by atoms with Crippen molar-refractivity contribution in [3.05, 3.63) is 0 Å². The lowest BCUT2D eigenvalue weighted by Gasteiger charge is -2.48. The van der Waals surface area contributed by atoms with Crippen LogP contribution in [0.4, 0.5) is 0 Å². The zero-order valence-corrected chi connectivity index (χ0v) is 10.7. The molecule has 2 rings (SSSR count). The van der Waals surface area contributed by atoms with Gasteiger partial charge in [0.2, 0.25) is 0 Å². The van der Waals surface area contributed by atoms with Gasteiger partial charge in [0, 0.05) is 0 Å². The standard InChI is InChI=1S/C12H21NO2S/c1-2-9-5-3-4-7-12(9)13-10(11(14)15)6-8-16-12/h9-10,13H,2-8H2,1H3,(H,14,15). The smallest absolute Gasteiger partial charge is 0.320 e. The highest BCUT2D eigenvalue weighted by Gasteiger charge is 2.44. The summed E-state index contributed by atoms with van der Waals surface area (Å²) in [6.07, 6.45) is 6.86. The van der Waals surface area contributed by atoms with E-state index < -0.39 is 5.97 Å². The van der Waals surface area contributed by atoms with Gasteiger partial charge in [-0.15, -0.1) is 11.8 Å². The Labute approximate surface area is 101 Å². The maximum atomic E-state index is 11.1. The van der Waals surface area contributed by atoms with E-state index in [1.54, 1.807) is 0 Å². The largest absolute Gasteiger partial charge is 0.480 e. The molecule has 0 aromatic carbocycles. The van der Waals surface area contributed by atoms with Crippen LogP contribution in [0.3, 0.4) is 0 Å². The summed E-state index contributed by atoms with van der Waals surface area (Å²) in [6.45, 7) is 2.23. The number of thioether (sulfide) groups is 1. The fraction of sp³-hybridized carbons (Fsp3) is 0.917. The first kappa shape index (κ1) is 12.2. The molecule has 0 radical (unpaired) electrons. The Balaban J connectivity index is 2.12. The van der Waals surface area contributed by atoms with Gasteiger partial charge in [0.1, 0.15) is 6.04 Å². The Hall–Kier alpha value is -0.220. The molecule has 0 amide bonds. The second-order valence-corrected chi connectivity index (χ2v) is 6.34. The first-order valence-corrected chi connectivity index (χ1v) is 7.31. The van der Waals surface area contributed by atoms with E-state index >= 15 is 0 Å². The minimum Gasteiger partial charge on any atom is -0.480 e. The molecule has 3 nitrogen and oxygen atoms in total. The molecule has 3 unspecified atom stereocenters. The minimum absolute atomic E-state index is 0.0638. The number of hydrogen-bond donors (Lipinski definition) is 2. The van der Waals surface area contributed by atoms with Crippen molar-refractivity contribution in [2.45, 2.75) is 56.4 Å². The maximum absolute atomic E-state index is 11.1. The number of carboxylic acids is 1. The van der Waals surface area contributed by atoms with Gasteiger partial charge in [0.25, 0.3) is 0 Å². The first-order valence-electron chi connectivity index (χ1n) is 6.32. The molecule has 92 valence electrons. The molecule has 0 aromatic heterocycles. The molecule has 1 saturated carbocycles. The number of carboxylic acid groups (broad SMARTS) is 1. The molecule has 1 aliphatic carbocycles. The Morgan fingerprint density at radius 2 is 2.31 bits per heavy atom. The van der Waals surface area contributed by atoms with Gasteiger partial charge in [-0.2, -0.15) is 0 Å². The maximum Gasteiger partial charge on any atom is 0.320 e. The SMILES string of the molecule is CCC1CCCCC12NC(C(=O)O)CCS2. The monoisotopic (exact) mass is 243 g/mol. The molecule has 2 fully saturated rings. The molecule has 2 N–H and O–H groups in total. The molecule has 1 spiro atoms. The van der Waals surface area contributed by atoms with E-state index in [-0.39, 0.29) is 10.9 Å². The van der Waals surface area contributed by atoms with E-state index in [4.69, 9.17) is 5.11 Å². The summed E-state index contributed by atoms with van der Waals surface area (Å²) in [6, 6.07) is -0.326. The van der Waals surface area contributed by atoms with E-state index in [0.717, 1.165) is 25.0 Å². The third-order valence-corrected chi connectivity index (χ3v) is 5.60. The summed E-state index contributed by atoms with van der Waals surface area (Å²) in [5.74, 6) is 0.953. The lowest BCUT2D eigenvalue weighted by molar-refractivity contribution is -0.140. The molecule has 1 heterocycles. The summed E-state index contributed by atoms with van der Waals surface area (Å²) >= 11 is 1.97. The van der Waals surface area contributed by atoms with E-state index in [1.807, 2.05) is 11.8 Å². The van der Waals surface area contributed by atoms with Crippen molar-refractivity contribution in [1.29, 1.82) is 0 Å². The molecule has 0 aromatic rings. The van der Waals surface area contributed by atoms with E-state index in [0.29, 0.717) is 5.92 Å². The lowest BCUT2D eigenvalue weighted by atomic mass is 9.81. The van der Waals surface area contributed by atoms with Crippen LogP contribution in [0.25, 0.3) is 0 Å². The van der Waals surface area contributed by atoms with Crippen LogP contribution in [0.2, 0.25) is 0 Å². The van der Waals surface area contributed by atoms with Crippen LogP contribution in [-0.2, 0) is 4.79 Å². The van der Waals surface area contributed by atoms with Gasteiger partial charge in [-0.3, -0.25) is 10.1 Å². The van der Waals surface area contributed by atoms with Gasteiger partial charge in [-0.25, -0.2) is 0 Å². The Morgan fingerprint density at radius 3 is 3.00 bits per heavy atom. The summed E-state index contributed by atoms with van der Waals surface area (Å²) in [5.41, 5.74) is 0. The summed E-state index contributed by atoms with van der Waals surface area (Å²) in [4.78, 5) is 11.2. The third kappa shape index (κ3) is 2.23. The van der Waals surface area contributed by atoms with E-state index in [1.165, 1.54) is 19.3 Å². The predicted octanol–water partition coefficient (Wildman–Crippen LogP) is 2.46. The molecular formula is C12H21NO2S. The zero-order chi connectivity index (χ0) is 11.6. The van der Waals surface area contributed by atoms with Crippen LogP contribution in [0.5, 0.6) is 0 Å². The van der Waals surface area contributed by atoms with Crippen molar-refractivity contribution in [2.75, 3.05) is 5.75 Å². The highest BCUT2D eigenvalue weighted by molar-refractivity contribution is 8.00. The lowest BCUT2D eigenvalue weighted by Crippen LogP contribution is -2.59. The second kappa shape index (κ2) is 4.96. The number of aliphatic carboxylic acids is 1. The van der Waals surface area contributed by atoms with Crippen molar-refractivity contribution in [3.8, 4) is 0 Å². The number of nitrogens with one attached hydrogen (secondary N) is 1. The fourth-order valence-corrected chi connectivity index (χ4v) is 4.83. The van der Waals surface area contributed by atoms with E-state index in [9.17, 15) is 4.79 Å². The molecule has 1 aliphatic heterocycles. The van der Waals surface area contributed by atoms with Gasteiger partial charge in [0.05, 0.1) is 4.87 Å². The van der Waals surface area contributed by atoms with Crippen LogP contribution >= 0.6 is 11.8 Å². The summed E-state index contributed by atoms with van der Waals surface area (Å²) in [5, 5.41) is 12.6. The molecule has 3 atom stereocenters. The van der Waals surface area contributed by atoms with Crippen molar-refractivity contribution in [1.82, 2.24) is 5.32 Å². The normalized spacial score (nSPS) is 39.8. The Kier molecular flexibility index (Phi) is 3.80. The molecule has 0 bridgehead atoms. The number of hydrogen-bond acceptors (Lipinski definition) is 3. The van der Waals surface area contributed by atoms with Crippen molar-refractivity contribution >= 4 is 17.7 Å². The topological polar surface area (TPSA) is 49.3 Å². The average molecular weight is 243 g/mol. The summed E-state index contributed by atoms with van der Waals surface area (Å²) < 4.78 is 0. The Morgan fingerprint density at radius 1 is 1.50 bits per heavy atom. The highest BCUT2D eigenvalue weighted by atomic mass is 32.2.